The number of ether oxygens (including phenoxy) is 4. The fourth-order valence-corrected chi connectivity index (χ4v) is 4.62. The molecule has 0 saturated heterocycles. The highest BCUT2D eigenvalue weighted by molar-refractivity contribution is 5.91. The van der Waals surface area contributed by atoms with Crippen molar-refractivity contribution >= 4 is 11.7 Å². The summed E-state index contributed by atoms with van der Waals surface area (Å²) in [5, 5.41) is 15.1. The maximum atomic E-state index is 13.1. The van der Waals surface area contributed by atoms with Gasteiger partial charge in [0.05, 0.1) is 45.7 Å². The minimum absolute atomic E-state index is 0.167. The van der Waals surface area contributed by atoms with Crippen LogP contribution >= 0.6 is 0 Å². The molecule has 0 spiro atoms. The topological polar surface area (TPSA) is 119 Å². The average molecular weight is 502 g/mol. The van der Waals surface area contributed by atoms with Gasteiger partial charge < -0.3 is 29.6 Å². The maximum Gasteiger partial charge on any atom is 0.319 e. The molecule has 0 heterocycles. The Morgan fingerprint density at radius 1 is 0.946 bits per heavy atom. The minimum Gasteiger partial charge on any atom is -0.493 e. The quantitative estimate of drug-likeness (QED) is 0.513. The number of rotatable bonds is 6. The molecule has 0 unspecified atom stereocenters. The van der Waals surface area contributed by atoms with Gasteiger partial charge in [-0.15, -0.1) is 0 Å². The van der Waals surface area contributed by atoms with Gasteiger partial charge in [-0.3, -0.25) is 4.79 Å². The SMILES string of the molecule is COc1cc2c(c(OC)c1OC)-c1ccc(OC)c(=O)cc1[C@@H](NC(=O)Nc1ccccc1C#N)CC2. The second kappa shape index (κ2) is 10.9. The Kier molecular flexibility index (Phi) is 7.49. The zero-order chi connectivity index (χ0) is 26.5. The summed E-state index contributed by atoms with van der Waals surface area (Å²) in [5.41, 5.74) is 3.34. The highest BCUT2D eigenvalue weighted by Gasteiger charge is 2.30. The van der Waals surface area contributed by atoms with E-state index < -0.39 is 12.1 Å². The molecule has 2 N–H and O–H groups in total. The van der Waals surface area contributed by atoms with Crippen molar-refractivity contribution in [3.05, 3.63) is 75.4 Å². The van der Waals surface area contributed by atoms with Crippen molar-refractivity contribution in [2.45, 2.75) is 18.9 Å². The number of nitrogens with zero attached hydrogens (tertiary/aromatic N) is 1. The number of nitriles is 1. The van der Waals surface area contributed by atoms with E-state index in [2.05, 4.69) is 16.7 Å². The predicted octanol–water partition coefficient (Wildman–Crippen LogP) is 4.43. The van der Waals surface area contributed by atoms with Crippen LogP contribution in [0.1, 0.15) is 29.2 Å². The van der Waals surface area contributed by atoms with E-state index in [4.69, 9.17) is 18.9 Å². The van der Waals surface area contributed by atoms with Crippen molar-refractivity contribution in [3.8, 4) is 40.2 Å². The molecule has 0 bridgehead atoms. The molecule has 2 amide bonds. The Hall–Kier alpha value is -4.71. The van der Waals surface area contributed by atoms with E-state index in [-0.39, 0.29) is 11.2 Å². The molecule has 0 aromatic heterocycles. The van der Waals surface area contributed by atoms with E-state index in [9.17, 15) is 14.9 Å². The fourth-order valence-electron chi connectivity index (χ4n) is 4.62. The summed E-state index contributed by atoms with van der Waals surface area (Å²) in [7, 11) is 6.05. The smallest absolute Gasteiger partial charge is 0.319 e. The zero-order valence-electron chi connectivity index (χ0n) is 21.0. The van der Waals surface area contributed by atoms with E-state index >= 15 is 0 Å². The number of benzene rings is 2. The first kappa shape index (κ1) is 25.4. The van der Waals surface area contributed by atoms with Gasteiger partial charge in [-0.1, -0.05) is 18.2 Å². The first-order valence-corrected chi connectivity index (χ1v) is 11.6. The van der Waals surface area contributed by atoms with Crippen molar-refractivity contribution in [1.29, 1.82) is 5.26 Å². The van der Waals surface area contributed by atoms with Gasteiger partial charge in [0.1, 0.15) is 6.07 Å². The molecule has 9 heteroatoms. The molecular weight excluding hydrogens is 474 g/mol. The summed E-state index contributed by atoms with van der Waals surface area (Å²) in [4.78, 5) is 26.0. The molecule has 1 aliphatic rings. The first-order chi connectivity index (χ1) is 17.9. The number of nitrogens with one attached hydrogen (secondary N) is 2. The lowest BCUT2D eigenvalue weighted by Crippen LogP contribution is -2.33. The van der Waals surface area contributed by atoms with Crippen molar-refractivity contribution in [2.75, 3.05) is 33.8 Å². The lowest BCUT2D eigenvalue weighted by atomic mass is 9.95. The van der Waals surface area contributed by atoms with Crippen LogP contribution in [0.25, 0.3) is 11.1 Å². The molecule has 1 atom stereocenters. The van der Waals surface area contributed by atoms with Crippen molar-refractivity contribution < 1.29 is 23.7 Å². The van der Waals surface area contributed by atoms with Gasteiger partial charge in [0, 0.05) is 5.56 Å². The molecule has 0 aliphatic heterocycles. The summed E-state index contributed by atoms with van der Waals surface area (Å²) >= 11 is 0. The Bertz CT molecular complexity index is 1450. The maximum absolute atomic E-state index is 13.1. The van der Waals surface area contributed by atoms with Crippen LogP contribution in [0.5, 0.6) is 23.0 Å². The second-order valence-corrected chi connectivity index (χ2v) is 8.31. The second-order valence-electron chi connectivity index (χ2n) is 8.31. The van der Waals surface area contributed by atoms with E-state index in [1.807, 2.05) is 6.07 Å². The number of urea groups is 1. The Balaban J connectivity index is 1.86. The largest absolute Gasteiger partial charge is 0.493 e. The number of fused-ring (bicyclic) bond motifs is 3. The Labute approximate surface area is 214 Å². The molecule has 4 rings (SSSR count). The van der Waals surface area contributed by atoms with Crippen LogP contribution in [0.3, 0.4) is 0 Å². The third-order valence-corrected chi connectivity index (χ3v) is 6.32. The van der Waals surface area contributed by atoms with Crippen LogP contribution in [0.4, 0.5) is 10.5 Å². The van der Waals surface area contributed by atoms with Gasteiger partial charge in [0.15, 0.2) is 17.2 Å². The summed E-state index contributed by atoms with van der Waals surface area (Å²) < 4.78 is 22.2. The number of amides is 2. The summed E-state index contributed by atoms with van der Waals surface area (Å²) in [6.45, 7) is 0. The zero-order valence-corrected chi connectivity index (χ0v) is 21.0. The van der Waals surface area contributed by atoms with Gasteiger partial charge in [0.25, 0.3) is 0 Å². The summed E-state index contributed by atoms with van der Waals surface area (Å²) in [6.07, 6.45) is 1.03. The Morgan fingerprint density at radius 2 is 1.68 bits per heavy atom. The van der Waals surface area contributed by atoms with E-state index in [1.54, 1.807) is 50.6 Å². The highest BCUT2D eigenvalue weighted by atomic mass is 16.5. The van der Waals surface area contributed by atoms with Gasteiger partial charge in [-0.05, 0) is 59.9 Å². The monoisotopic (exact) mass is 501 g/mol. The molecule has 1 aliphatic carbocycles. The van der Waals surface area contributed by atoms with Gasteiger partial charge in [0.2, 0.25) is 11.2 Å². The fraction of sp³-hybridized carbons (Fsp3) is 0.250. The van der Waals surface area contributed by atoms with E-state index in [1.165, 1.54) is 20.3 Å². The molecule has 37 heavy (non-hydrogen) atoms. The third kappa shape index (κ3) is 4.86. The van der Waals surface area contributed by atoms with Crippen LogP contribution in [0, 0.1) is 11.3 Å². The molecule has 3 aromatic carbocycles. The number of anilines is 1. The van der Waals surface area contributed by atoms with E-state index in [0.717, 1.165) is 11.1 Å². The van der Waals surface area contributed by atoms with Crippen LogP contribution in [0.15, 0.2) is 53.3 Å². The molecule has 0 fully saturated rings. The summed E-state index contributed by atoms with van der Waals surface area (Å²) in [5.74, 6) is 1.57. The first-order valence-electron chi connectivity index (χ1n) is 11.6. The number of hydrogen-bond acceptors (Lipinski definition) is 7. The predicted molar refractivity (Wildman–Crippen MR) is 139 cm³/mol. The molecule has 190 valence electrons. The van der Waals surface area contributed by atoms with Crippen molar-refractivity contribution in [2.24, 2.45) is 0 Å². The van der Waals surface area contributed by atoms with Crippen LogP contribution < -0.4 is 35.0 Å². The van der Waals surface area contributed by atoms with Crippen molar-refractivity contribution in [3.63, 3.8) is 0 Å². The number of para-hydroxylation sites is 1. The molecule has 9 nitrogen and oxygen atoms in total. The number of carbonyl (C=O) groups excluding carboxylic acids is 1. The highest BCUT2D eigenvalue weighted by Crippen LogP contribution is 2.50. The van der Waals surface area contributed by atoms with Crippen LogP contribution in [0.2, 0.25) is 0 Å². The number of hydrogen-bond donors (Lipinski definition) is 2. The molecule has 3 aromatic rings. The minimum atomic E-state index is -0.539. The van der Waals surface area contributed by atoms with E-state index in [0.29, 0.717) is 52.5 Å². The molecular formula is C28H27N3O6. The Morgan fingerprint density at radius 3 is 2.35 bits per heavy atom. The number of methoxy groups -OCH3 is 4. The number of carbonyl (C=O) groups is 1. The normalized spacial score (nSPS) is 13.6. The lowest BCUT2D eigenvalue weighted by molar-refractivity contribution is 0.248. The van der Waals surface area contributed by atoms with Gasteiger partial charge >= 0.3 is 6.03 Å². The standard InChI is InChI=1S/C28H27N3O6/c1-34-23-12-10-18-19(14-22(23)32)21(31-28(33)30-20-8-6-5-7-17(20)15-29)11-9-16-13-24(35-2)26(36-3)27(37-4)25(16)18/h5-8,10,12-14,21H,9,11H2,1-4H3,(H2,30,31,33)/t21-/m0/s1. The molecule has 0 saturated carbocycles. The van der Waals surface area contributed by atoms with Crippen LogP contribution in [-0.4, -0.2) is 34.5 Å². The number of aryl methyl sites for hydroxylation is 1. The van der Waals surface area contributed by atoms with Crippen LogP contribution in [-0.2, 0) is 6.42 Å². The lowest BCUT2D eigenvalue weighted by Gasteiger charge is -2.20. The average Bonchev–Trinajstić information content (AvgIpc) is 3.16. The summed E-state index contributed by atoms with van der Waals surface area (Å²) in [6, 6.07) is 14.5. The third-order valence-electron chi connectivity index (χ3n) is 6.32. The van der Waals surface area contributed by atoms with Gasteiger partial charge in [-0.25, -0.2) is 4.79 Å². The molecule has 0 radical (unpaired) electrons. The van der Waals surface area contributed by atoms with Crippen molar-refractivity contribution in [1.82, 2.24) is 5.32 Å². The van der Waals surface area contributed by atoms with Gasteiger partial charge in [-0.2, -0.15) is 5.26 Å².